The van der Waals surface area contributed by atoms with Gasteiger partial charge in [-0.2, -0.15) is 0 Å². The van der Waals surface area contributed by atoms with Gasteiger partial charge < -0.3 is 14.0 Å². The molecule has 3 heterocycles. The van der Waals surface area contributed by atoms with Gasteiger partial charge in [-0.05, 0) is 36.1 Å². The molecule has 0 spiro atoms. The molecule has 1 unspecified atom stereocenters. The standard InChI is InChI=1S/C27H25ClN4O3S2/c1-2-34-25(33)16-37-11-10-22-26(29-17-32(27(22)37)13-19-6-4-3-5-7-19)31-20-8-9-24(23(28)12-20)35-14-21-15-36-18-30-21/h3-9,11-12,15,17-18H,2,10,13-14,16H2,1H3. The van der Waals surface area contributed by atoms with Gasteiger partial charge in [-0.1, -0.05) is 41.9 Å². The first-order chi connectivity index (χ1) is 18.1. The summed E-state index contributed by atoms with van der Waals surface area (Å²) in [6.45, 7) is 3.21. The molecule has 0 bridgehead atoms. The van der Waals surface area contributed by atoms with Crippen LogP contribution in [0, 0.1) is 0 Å². The molecule has 37 heavy (non-hydrogen) atoms. The van der Waals surface area contributed by atoms with Gasteiger partial charge in [-0.15, -0.1) is 21.8 Å². The van der Waals surface area contributed by atoms with Crippen LogP contribution in [0.2, 0.25) is 5.02 Å². The third-order valence-corrected chi connectivity index (χ3v) is 8.65. The van der Waals surface area contributed by atoms with Crippen molar-refractivity contribution in [2.45, 2.75) is 31.5 Å². The number of nitrogens with zero attached hydrogens (tertiary/aromatic N) is 4. The number of esters is 1. The molecule has 0 aliphatic carbocycles. The van der Waals surface area contributed by atoms with Gasteiger partial charge in [0, 0.05) is 23.9 Å². The van der Waals surface area contributed by atoms with Crippen molar-refractivity contribution in [3.63, 3.8) is 0 Å². The first-order valence-electron chi connectivity index (χ1n) is 11.8. The molecule has 0 fully saturated rings. The lowest BCUT2D eigenvalue weighted by molar-refractivity contribution is -0.139. The quantitative estimate of drug-likeness (QED) is 0.158. The Morgan fingerprint density at radius 2 is 2.08 bits per heavy atom. The van der Waals surface area contributed by atoms with Crippen LogP contribution in [0.3, 0.4) is 0 Å². The van der Waals surface area contributed by atoms with Crippen LogP contribution in [0.5, 0.6) is 5.75 Å². The van der Waals surface area contributed by atoms with E-state index in [1.807, 2.05) is 49.0 Å². The minimum Gasteiger partial charge on any atom is -0.486 e. The Kier molecular flexibility index (Phi) is 8.13. The monoisotopic (exact) mass is 552 g/mol. The molecule has 0 radical (unpaired) electrons. The third kappa shape index (κ3) is 6.18. The minimum atomic E-state index is -0.401. The number of halogens is 1. The summed E-state index contributed by atoms with van der Waals surface area (Å²) in [6, 6.07) is 15.6. The van der Waals surface area contributed by atoms with E-state index in [0.29, 0.717) is 53.9 Å². The van der Waals surface area contributed by atoms with E-state index in [2.05, 4.69) is 27.1 Å². The number of ether oxygens (including phenoxy) is 2. The third-order valence-electron chi connectivity index (χ3n) is 5.63. The predicted octanol–water partition coefficient (Wildman–Crippen LogP) is 5.40. The van der Waals surface area contributed by atoms with Crippen LogP contribution in [0.25, 0.3) is 0 Å². The fourth-order valence-electron chi connectivity index (χ4n) is 3.98. The van der Waals surface area contributed by atoms with Gasteiger partial charge in [0.1, 0.15) is 12.4 Å². The Morgan fingerprint density at radius 3 is 2.84 bits per heavy atom. The van der Waals surface area contributed by atoms with Gasteiger partial charge in [-0.3, -0.25) is 4.79 Å². The zero-order valence-electron chi connectivity index (χ0n) is 20.2. The molecule has 0 saturated carbocycles. The molecule has 1 atom stereocenters. The van der Waals surface area contributed by atoms with E-state index in [-0.39, 0.29) is 5.97 Å². The lowest BCUT2D eigenvalue weighted by Crippen LogP contribution is -2.20. The van der Waals surface area contributed by atoms with Crippen LogP contribution in [-0.2, 0) is 29.1 Å². The summed E-state index contributed by atoms with van der Waals surface area (Å²) in [5, 5.41) is 5.65. The Balaban J connectivity index is 1.46. The number of carbonyl (C=O) groups is 1. The van der Waals surface area contributed by atoms with Crippen LogP contribution in [0.4, 0.5) is 5.69 Å². The topological polar surface area (TPSA) is 78.6 Å². The molecule has 1 aliphatic rings. The number of thiazole rings is 1. The Bertz CT molecular complexity index is 1500. The maximum Gasteiger partial charge on any atom is 0.315 e. The molecular weight excluding hydrogens is 528 g/mol. The highest BCUT2D eigenvalue weighted by Crippen LogP contribution is 2.34. The van der Waals surface area contributed by atoms with Crippen LogP contribution in [0.1, 0.15) is 23.7 Å². The Hall–Kier alpha value is -3.27. The fraction of sp³-hybridized carbons (Fsp3) is 0.222. The SMILES string of the molecule is CCOC(=O)CS1=CCc2c1n(Cc1ccccc1)cnc2=Nc1ccc(OCc2cscn2)c(Cl)c1. The number of hydrogen-bond donors (Lipinski definition) is 0. The van der Waals surface area contributed by atoms with Crippen molar-refractivity contribution in [1.82, 2.24) is 14.5 Å². The van der Waals surface area contributed by atoms with E-state index in [4.69, 9.17) is 31.1 Å². The fourth-order valence-corrected chi connectivity index (χ4v) is 6.77. The highest BCUT2D eigenvalue weighted by atomic mass is 35.5. The second-order valence-corrected chi connectivity index (χ2v) is 11.2. The van der Waals surface area contributed by atoms with E-state index >= 15 is 0 Å². The number of carbonyl (C=O) groups excluding carboxylic acids is 1. The van der Waals surface area contributed by atoms with Crippen molar-refractivity contribution in [2.75, 3.05) is 12.4 Å². The molecule has 0 N–H and O–H groups in total. The van der Waals surface area contributed by atoms with Gasteiger partial charge in [0.05, 0.1) is 45.6 Å². The summed E-state index contributed by atoms with van der Waals surface area (Å²) in [4.78, 5) is 26.1. The second kappa shape index (κ2) is 11.9. The second-order valence-electron chi connectivity index (χ2n) is 8.21. The first-order valence-corrected chi connectivity index (χ1v) is 14.5. The molecule has 10 heteroatoms. The van der Waals surface area contributed by atoms with E-state index in [9.17, 15) is 4.79 Å². The molecule has 1 aliphatic heterocycles. The van der Waals surface area contributed by atoms with Crippen molar-refractivity contribution in [2.24, 2.45) is 4.99 Å². The summed E-state index contributed by atoms with van der Waals surface area (Å²) >= 11 is 8.02. The molecule has 4 aromatic rings. The van der Waals surface area contributed by atoms with E-state index in [1.165, 1.54) is 11.3 Å². The summed E-state index contributed by atoms with van der Waals surface area (Å²) in [6.07, 6.45) is 2.49. The van der Waals surface area contributed by atoms with Crippen LogP contribution in [0.15, 0.2) is 75.8 Å². The van der Waals surface area contributed by atoms with Gasteiger partial charge in [0.25, 0.3) is 0 Å². The van der Waals surface area contributed by atoms with Gasteiger partial charge in [0.15, 0.2) is 5.49 Å². The summed E-state index contributed by atoms with van der Waals surface area (Å²) in [7, 11) is -0.401. The molecular formula is C27H25ClN4O3S2. The zero-order chi connectivity index (χ0) is 25.6. The zero-order valence-corrected chi connectivity index (χ0v) is 22.6. The van der Waals surface area contributed by atoms with E-state index in [1.54, 1.807) is 11.6 Å². The maximum atomic E-state index is 12.3. The molecule has 0 saturated heterocycles. The van der Waals surface area contributed by atoms with E-state index < -0.39 is 10.5 Å². The Morgan fingerprint density at radius 1 is 1.22 bits per heavy atom. The van der Waals surface area contributed by atoms with Crippen LogP contribution >= 0.6 is 33.4 Å². The summed E-state index contributed by atoms with van der Waals surface area (Å²) in [5.41, 5.74) is 6.11. The molecule has 190 valence electrons. The molecule has 5 rings (SSSR count). The van der Waals surface area contributed by atoms with Gasteiger partial charge in [0.2, 0.25) is 0 Å². The van der Waals surface area contributed by atoms with Gasteiger partial charge >= 0.3 is 5.97 Å². The van der Waals surface area contributed by atoms with Crippen molar-refractivity contribution in [3.8, 4) is 5.75 Å². The average molecular weight is 553 g/mol. The van der Waals surface area contributed by atoms with Crippen molar-refractivity contribution < 1.29 is 14.3 Å². The smallest absolute Gasteiger partial charge is 0.315 e. The highest BCUT2D eigenvalue weighted by molar-refractivity contribution is 8.15. The lowest BCUT2D eigenvalue weighted by atomic mass is 10.2. The number of benzene rings is 2. The number of hydrogen-bond acceptors (Lipinski definition) is 7. The van der Waals surface area contributed by atoms with Gasteiger partial charge in [-0.25, -0.2) is 15.0 Å². The number of rotatable bonds is 9. The first kappa shape index (κ1) is 25.4. The average Bonchev–Trinajstić information content (AvgIpc) is 3.57. The van der Waals surface area contributed by atoms with Crippen molar-refractivity contribution in [1.29, 1.82) is 0 Å². The van der Waals surface area contributed by atoms with E-state index in [0.717, 1.165) is 21.8 Å². The molecule has 0 amide bonds. The highest BCUT2D eigenvalue weighted by Gasteiger charge is 2.22. The summed E-state index contributed by atoms with van der Waals surface area (Å²) in [5.74, 6) is 0.692. The van der Waals surface area contributed by atoms with Crippen molar-refractivity contribution in [3.05, 3.63) is 93.1 Å². The molecule has 2 aromatic heterocycles. The molecule has 7 nitrogen and oxygen atoms in total. The van der Waals surface area contributed by atoms with Crippen LogP contribution in [-0.4, -0.2) is 38.2 Å². The minimum absolute atomic E-state index is 0.198. The predicted molar refractivity (Wildman–Crippen MR) is 148 cm³/mol. The number of aromatic nitrogens is 3. The lowest BCUT2D eigenvalue weighted by Gasteiger charge is -2.16. The molecule has 2 aromatic carbocycles. The van der Waals surface area contributed by atoms with Crippen LogP contribution < -0.4 is 10.2 Å². The maximum absolute atomic E-state index is 12.3. The van der Waals surface area contributed by atoms with Crippen molar-refractivity contribution >= 4 is 50.4 Å². The Labute approximate surface area is 226 Å². The normalized spacial score (nSPS) is 14.8. The summed E-state index contributed by atoms with van der Waals surface area (Å²) < 4.78 is 13.2. The largest absolute Gasteiger partial charge is 0.486 e. The number of fused-ring (bicyclic) bond motifs is 1.